The van der Waals surface area contributed by atoms with Crippen LogP contribution in [-0.2, 0) is 11.3 Å². The van der Waals surface area contributed by atoms with Crippen LogP contribution in [0.25, 0.3) is 0 Å². The summed E-state index contributed by atoms with van der Waals surface area (Å²) in [5.41, 5.74) is 3.37. The summed E-state index contributed by atoms with van der Waals surface area (Å²) in [4.78, 5) is 10.9. The van der Waals surface area contributed by atoms with Gasteiger partial charge in [-0.25, -0.2) is 4.39 Å². The van der Waals surface area contributed by atoms with Crippen molar-refractivity contribution < 1.29 is 9.18 Å². The number of benzene rings is 2. The van der Waals surface area contributed by atoms with Gasteiger partial charge in [-0.2, -0.15) is 0 Å². The predicted molar refractivity (Wildman–Crippen MR) is 79.2 cm³/mol. The molecule has 3 nitrogen and oxygen atoms in total. The van der Waals surface area contributed by atoms with E-state index in [0.29, 0.717) is 12.1 Å². The average molecular weight is 272 g/mol. The Morgan fingerprint density at radius 2 is 1.75 bits per heavy atom. The van der Waals surface area contributed by atoms with Gasteiger partial charge in [-0.1, -0.05) is 12.1 Å². The Labute approximate surface area is 117 Å². The summed E-state index contributed by atoms with van der Waals surface area (Å²) < 4.78 is 13.1. The Balaban J connectivity index is 1.96. The molecule has 0 aliphatic carbocycles. The third-order valence-electron chi connectivity index (χ3n) is 2.93. The van der Waals surface area contributed by atoms with Crippen LogP contribution in [0.1, 0.15) is 18.1 Å². The molecule has 0 atom stereocenters. The van der Waals surface area contributed by atoms with Crippen LogP contribution in [0.4, 0.5) is 15.8 Å². The van der Waals surface area contributed by atoms with Gasteiger partial charge in [0.05, 0.1) is 0 Å². The lowest BCUT2D eigenvalue weighted by atomic mass is 10.2. The number of amides is 1. The zero-order valence-electron chi connectivity index (χ0n) is 11.5. The molecule has 0 aromatic heterocycles. The van der Waals surface area contributed by atoms with Gasteiger partial charge >= 0.3 is 0 Å². The molecule has 20 heavy (non-hydrogen) atoms. The van der Waals surface area contributed by atoms with Crippen LogP contribution in [0.5, 0.6) is 0 Å². The van der Waals surface area contributed by atoms with Crippen molar-refractivity contribution in [1.29, 1.82) is 0 Å². The fourth-order valence-electron chi connectivity index (χ4n) is 1.87. The first-order valence-corrected chi connectivity index (χ1v) is 6.41. The van der Waals surface area contributed by atoms with E-state index in [1.165, 1.54) is 13.0 Å². The van der Waals surface area contributed by atoms with Gasteiger partial charge in [0.25, 0.3) is 0 Å². The fourth-order valence-corrected chi connectivity index (χ4v) is 1.87. The third kappa shape index (κ3) is 3.82. The van der Waals surface area contributed by atoms with Crippen molar-refractivity contribution in [1.82, 2.24) is 0 Å². The highest BCUT2D eigenvalue weighted by Gasteiger charge is 2.00. The Kier molecular flexibility index (Phi) is 4.35. The molecule has 0 saturated heterocycles. The van der Waals surface area contributed by atoms with Gasteiger partial charge in [-0.3, -0.25) is 4.79 Å². The summed E-state index contributed by atoms with van der Waals surface area (Å²) in [6.07, 6.45) is 0. The molecule has 0 bridgehead atoms. The van der Waals surface area contributed by atoms with Gasteiger partial charge in [-0.15, -0.1) is 0 Å². The van der Waals surface area contributed by atoms with Crippen LogP contribution in [0.3, 0.4) is 0 Å². The second-order valence-electron chi connectivity index (χ2n) is 4.70. The largest absolute Gasteiger partial charge is 0.381 e. The van der Waals surface area contributed by atoms with Crippen molar-refractivity contribution in [3.8, 4) is 0 Å². The Hall–Kier alpha value is -2.36. The van der Waals surface area contributed by atoms with Crippen LogP contribution in [0, 0.1) is 12.7 Å². The standard InChI is InChI=1S/C16H17FN2O/c1-11-9-15(7-8-16(11)17)18-10-13-3-5-14(6-4-13)19-12(2)20/h3-9,18H,10H2,1-2H3,(H,19,20). The van der Waals surface area contributed by atoms with Crippen LogP contribution in [0.15, 0.2) is 42.5 Å². The quantitative estimate of drug-likeness (QED) is 0.891. The zero-order valence-corrected chi connectivity index (χ0v) is 11.5. The first-order valence-electron chi connectivity index (χ1n) is 6.41. The van der Waals surface area contributed by atoms with Gasteiger partial charge in [0.15, 0.2) is 0 Å². The van der Waals surface area contributed by atoms with Gasteiger partial charge in [0, 0.05) is 24.8 Å². The minimum Gasteiger partial charge on any atom is -0.381 e. The summed E-state index contributed by atoms with van der Waals surface area (Å²) in [5, 5.41) is 5.95. The fraction of sp³-hybridized carbons (Fsp3) is 0.188. The van der Waals surface area contributed by atoms with E-state index < -0.39 is 0 Å². The van der Waals surface area contributed by atoms with Gasteiger partial charge in [0.1, 0.15) is 5.82 Å². The molecule has 0 aliphatic heterocycles. The smallest absolute Gasteiger partial charge is 0.221 e. The molecule has 0 fully saturated rings. The molecular formula is C16H17FN2O. The molecular weight excluding hydrogens is 255 g/mol. The number of anilines is 2. The highest BCUT2D eigenvalue weighted by Crippen LogP contribution is 2.15. The lowest BCUT2D eigenvalue weighted by Crippen LogP contribution is -2.06. The topological polar surface area (TPSA) is 41.1 Å². The third-order valence-corrected chi connectivity index (χ3v) is 2.93. The molecule has 2 N–H and O–H groups in total. The number of aryl methyl sites for hydroxylation is 1. The van der Waals surface area contributed by atoms with Crippen molar-refractivity contribution in [3.63, 3.8) is 0 Å². The van der Waals surface area contributed by atoms with Crippen molar-refractivity contribution in [2.45, 2.75) is 20.4 Å². The monoisotopic (exact) mass is 272 g/mol. The summed E-state index contributed by atoms with van der Waals surface area (Å²) in [5.74, 6) is -0.284. The van der Waals surface area contributed by atoms with Gasteiger partial charge < -0.3 is 10.6 Å². The van der Waals surface area contributed by atoms with E-state index in [2.05, 4.69) is 10.6 Å². The molecule has 0 saturated carbocycles. The minimum absolute atomic E-state index is 0.0855. The molecule has 1 amide bonds. The Bertz CT molecular complexity index is 608. The average Bonchev–Trinajstić information content (AvgIpc) is 2.41. The van der Waals surface area contributed by atoms with E-state index in [1.807, 2.05) is 24.3 Å². The maximum absolute atomic E-state index is 13.1. The molecule has 2 aromatic carbocycles. The number of hydrogen-bond acceptors (Lipinski definition) is 2. The van der Waals surface area contributed by atoms with Crippen LogP contribution >= 0.6 is 0 Å². The van der Waals surface area contributed by atoms with E-state index >= 15 is 0 Å². The maximum Gasteiger partial charge on any atom is 0.221 e. The second kappa shape index (κ2) is 6.19. The summed E-state index contributed by atoms with van der Waals surface area (Å²) in [7, 11) is 0. The first-order chi connectivity index (χ1) is 9.54. The number of carbonyl (C=O) groups excluding carboxylic acids is 1. The lowest BCUT2D eigenvalue weighted by Gasteiger charge is -2.09. The Morgan fingerprint density at radius 3 is 2.35 bits per heavy atom. The van der Waals surface area contributed by atoms with Gasteiger partial charge in [-0.05, 0) is 48.4 Å². The number of halogens is 1. The van der Waals surface area contributed by atoms with Crippen LogP contribution < -0.4 is 10.6 Å². The summed E-state index contributed by atoms with van der Waals surface area (Å²) in [6, 6.07) is 12.5. The van der Waals surface area contributed by atoms with Crippen molar-refractivity contribution >= 4 is 17.3 Å². The predicted octanol–water partition coefficient (Wildman–Crippen LogP) is 3.70. The molecule has 2 aromatic rings. The molecule has 0 spiro atoms. The number of nitrogens with one attached hydrogen (secondary N) is 2. The molecule has 4 heteroatoms. The van der Waals surface area contributed by atoms with Crippen LogP contribution in [0.2, 0.25) is 0 Å². The SMILES string of the molecule is CC(=O)Nc1ccc(CNc2ccc(F)c(C)c2)cc1. The highest BCUT2D eigenvalue weighted by atomic mass is 19.1. The molecule has 0 radical (unpaired) electrons. The summed E-state index contributed by atoms with van der Waals surface area (Å²) >= 11 is 0. The number of carbonyl (C=O) groups is 1. The van der Waals surface area contributed by atoms with E-state index in [4.69, 9.17) is 0 Å². The molecule has 2 rings (SSSR count). The maximum atomic E-state index is 13.1. The van der Waals surface area contributed by atoms with Crippen molar-refractivity contribution in [2.24, 2.45) is 0 Å². The normalized spacial score (nSPS) is 10.2. The van der Waals surface area contributed by atoms with E-state index in [0.717, 1.165) is 16.9 Å². The number of rotatable bonds is 4. The van der Waals surface area contributed by atoms with Crippen molar-refractivity contribution in [2.75, 3.05) is 10.6 Å². The Morgan fingerprint density at radius 1 is 1.10 bits per heavy atom. The van der Waals surface area contributed by atoms with Gasteiger partial charge in [0.2, 0.25) is 5.91 Å². The van der Waals surface area contributed by atoms with E-state index in [-0.39, 0.29) is 11.7 Å². The highest BCUT2D eigenvalue weighted by molar-refractivity contribution is 5.88. The minimum atomic E-state index is -0.199. The van der Waals surface area contributed by atoms with E-state index in [1.54, 1.807) is 19.1 Å². The second-order valence-corrected chi connectivity index (χ2v) is 4.70. The number of hydrogen-bond donors (Lipinski definition) is 2. The molecule has 0 aliphatic rings. The summed E-state index contributed by atoms with van der Waals surface area (Å²) in [6.45, 7) is 3.86. The van der Waals surface area contributed by atoms with E-state index in [9.17, 15) is 9.18 Å². The molecule has 0 heterocycles. The molecule has 104 valence electrons. The first kappa shape index (κ1) is 14.1. The zero-order chi connectivity index (χ0) is 14.5. The lowest BCUT2D eigenvalue weighted by molar-refractivity contribution is -0.114. The van der Waals surface area contributed by atoms with Crippen LogP contribution in [-0.4, -0.2) is 5.91 Å². The molecule has 0 unspecified atom stereocenters. The van der Waals surface area contributed by atoms with Crippen molar-refractivity contribution in [3.05, 3.63) is 59.4 Å².